The second-order valence-electron chi connectivity index (χ2n) is 6.73. The van der Waals surface area contributed by atoms with Crippen LogP contribution in [-0.4, -0.2) is 34.8 Å². The summed E-state index contributed by atoms with van der Waals surface area (Å²) in [6.45, 7) is 3.50. The third kappa shape index (κ3) is 3.99. The van der Waals surface area contributed by atoms with E-state index in [0.29, 0.717) is 24.8 Å². The van der Waals surface area contributed by atoms with Gasteiger partial charge < -0.3 is 15.0 Å². The first-order valence-electron chi connectivity index (χ1n) is 9.28. The highest BCUT2D eigenvalue weighted by molar-refractivity contribution is 7.22. The average molecular weight is 395 g/mol. The summed E-state index contributed by atoms with van der Waals surface area (Å²) in [5, 5.41) is 3.42. The van der Waals surface area contributed by atoms with Crippen molar-refractivity contribution in [2.45, 2.75) is 19.9 Å². The van der Waals surface area contributed by atoms with Gasteiger partial charge >= 0.3 is 0 Å². The standard InChI is InChI=1S/C21H21N3O3S/c1-2-27-16-8-9-17-18(11-16)28-21(22-17)23-20(26)15-10-19(25)24(13-15)12-14-6-4-3-5-7-14/h3-9,11,15H,2,10,12-13H2,1H3,(H,22,23,26). The number of thiazole rings is 1. The SMILES string of the molecule is CCOc1ccc2nc(NC(=O)C3CC(=O)N(Cc4ccccc4)C3)sc2c1. The molecule has 0 radical (unpaired) electrons. The van der Waals surface area contributed by atoms with Gasteiger partial charge in [-0.15, -0.1) is 0 Å². The zero-order valence-electron chi connectivity index (χ0n) is 15.6. The minimum absolute atomic E-state index is 0.00894. The number of nitrogens with one attached hydrogen (secondary N) is 1. The Morgan fingerprint density at radius 3 is 2.89 bits per heavy atom. The van der Waals surface area contributed by atoms with Gasteiger partial charge in [0.25, 0.3) is 0 Å². The molecule has 28 heavy (non-hydrogen) atoms. The number of nitrogens with zero attached hydrogens (tertiary/aromatic N) is 2. The Morgan fingerprint density at radius 1 is 1.29 bits per heavy atom. The number of fused-ring (bicyclic) bond motifs is 1. The lowest BCUT2D eigenvalue weighted by atomic mass is 10.1. The Bertz CT molecular complexity index is 1000. The van der Waals surface area contributed by atoms with Crippen LogP contribution in [0.1, 0.15) is 18.9 Å². The van der Waals surface area contributed by atoms with Crippen LogP contribution < -0.4 is 10.1 Å². The van der Waals surface area contributed by atoms with E-state index < -0.39 is 0 Å². The molecule has 7 heteroatoms. The number of likely N-dealkylation sites (tertiary alicyclic amines) is 1. The maximum atomic E-state index is 12.7. The molecule has 1 N–H and O–H groups in total. The van der Waals surface area contributed by atoms with Crippen molar-refractivity contribution >= 4 is 38.5 Å². The van der Waals surface area contributed by atoms with Gasteiger partial charge in [0.05, 0.1) is 22.7 Å². The molecule has 3 aromatic rings. The zero-order chi connectivity index (χ0) is 19.5. The van der Waals surface area contributed by atoms with Gasteiger partial charge in [-0.3, -0.25) is 9.59 Å². The predicted molar refractivity (Wildman–Crippen MR) is 109 cm³/mol. The molecule has 1 aromatic heterocycles. The van der Waals surface area contributed by atoms with Gasteiger partial charge in [-0.1, -0.05) is 41.7 Å². The number of anilines is 1. The minimum Gasteiger partial charge on any atom is -0.494 e. The van der Waals surface area contributed by atoms with E-state index in [1.807, 2.05) is 55.5 Å². The molecule has 144 valence electrons. The molecule has 0 bridgehead atoms. The van der Waals surface area contributed by atoms with Gasteiger partial charge in [0.1, 0.15) is 5.75 Å². The van der Waals surface area contributed by atoms with E-state index >= 15 is 0 Å². The van der Waals surface area contributed by atoms with Gasteiger partial charge in [-0.2, -0.15) is 0 Å². The number of rotatable bonds is 6. The minimum atomic E-state index is -0.359. The molecule has 4 rings (SSSR count). The number of benzene rings is 2. The second kappa shape index (κ2) is 7.98. The second-order valence-corrected chi connectivity index (χ2v) is 7.76. The van der Waals surface area contributed by atoms with E-state index in [1.165, 1.54) is 11.3 Å². The van der Waals surface area contributed by atoms with Crippen molar-refractivity contribution in [2.75, 3.05) is 18.5 Å². The van der Waals surface area contributed by atoms with Crippen LogP contribution in [0.15, 0.2) is 48.5 Å². The first kappa shape index (κ1) is 18.4. The van der Waals surface area contributed by atoms with Crippen LogP contribution in [0.3, 0.4) is 0 Å². The number of ether oxygens (including phenoxy) is 1. The van der Waals surface area contributed by atoms with E-state index in [2.05, 4.69) is 10.3 Å². The Labute approximate surface area is 167 Å². The zero-order valence-corrected chi connectivity index (χ0v) is 16.4. The Hall–Kier alpha value is -2.93. The van der Waals surface area contributed by atoms with Crippen molar-refractivity contribution in [3.8, 4) is 5.75 Å². The third-order valence-electron chi connectivity index (χ3n) is 4.70. The number of carbonyl (C=O) groups is 2. The summed E-state index contributed by atoms with van der Waals surface area (Å²) in [5.74, 6) is 0.277. The Morgan fingerprint density at radius 2 is 2.11 bits per heavy atom. The molecule has 1 aliphatic rings. The van der Waals surface area contributed by atoms with Crippen molar-refractivity contribution in [1.29, 1.82) is 0 Å². The number of aromatic nitrogens is 1. The van der Waals surface area contributed by atoms with Crippen LogP contribution in [0.2, 0.25) is 0 Å². The number of carbonyl (C=O) groups excluding carboxylic acids is 2. The molecular weight excluding hydrogens is 374 g/mol. The fourth-order valence-electron chi connectivity index (χ4n) is 3.33. The molecule has 2 heterocycles. The third-order valence-corrected chi connectivity index (χ3v) is 5.64. The van der Waals surface area contributed by atoms with Gasteiger partial charge in [-0.25, -0.2) is 4.98 Å². The molecule has 0 aliphatic carbocycles. The smallest absolute Gasteiger partial charge is 0.231 e. The molecule has 1 saturated heterocycles. The summed E-state index contributed by atoms with van der Waals surface area (Å²) in [4.78, 5) is 31.2. The Balaban J connectivity index is 1.41. The van der Waals surface area contributed by atoms with Gasteiger partial charge in [0.2, 0.25) is 11.8 Å². The van der Waals surface area contributed by atoms with Crippen LogP contribution in [0.5, 0.6) is 5.75 Å². The lowest BCUT2D eigenvalue weighted by Crippen LogP contribution is -2.28. The number of amides is 2. The summed E-state index contributed by atoms with van der Waals surface area (Å²) in [6, 6.07) is 15.5. The largest absolute Gasteiger partial charge is 0.494 e. The number of hydrogen-bond acceptors (Lipinski definition) is 5. The molecule has 1 fully saturated rings. The number of hydrogen-bond donors (Lipinski definition) is 1. The molecule has 2 amide bonds. The summed E-state index contributed by atoms with van der Waals surface area (Å²) in [7, 11) is 0. The topological polar surface area (TPSA) is 71.5 Å². The summed E-state index contributed by atoms with van der Waals surface area (Å²) < 4.78 is 6.46. The van der Waals surface area contributed by atoms with E-state index in [-0.39, 0.29) is 24.2 Å². The highest BCUT2D eigenvalue weighted by Gasteiger charge is 2.34. The molecule has 0 saturated carbocycles. The quantitative estimate of drug-likeness (QED) is 0.691. The van der Waals surface area contributed by atoms with Crippen molar-refractivity contribution < 1.29 is 14.3 Å². The Kier molecular flexibility index (Phi) is 5.25. The lowest BCUT2D eigenvalue weighted by Gasteiger charge is -2.16. The van der Waals surface area contributed by atoms with Crippen LogP contribution >= 0.6 is 11.3 Å². The van der Waals surface area contributed by atoms with E-state index in [9.17, 15) is 9.59 Å². The van der Waals surface area contributed by atoms with Crippen molar-refractivity contribution in [3.05, 3.63) is 54.1 Å². The molecule has 0 spiro atoms. The van der Waals surface area contributed by atoms with Crippen LogP contribution in [0.25, 0.3) is 10.2 Å². The van der Waals surface area contributed by atoms with E-state index in [1.54, 1.807) is 4.90 Å². The van der Waals surface area contributed by atoms with Crippen LogP contribution in [-0.2, 0) is 16.1 Å². The van der Waals surface area contributed by atoms with Crippen molar-refractivity contribution in [1.82, 2.24) is 9.88 Å². The first-order chi connectivity index (χ1) is 13.6. The van der Waals surface area contributed by atoms with Gasteiger partial charge in [0.15, 0.2) is 5.13 Å². The van der Waals surface area contributed by atoms with Crippen LogP contribution in [0, 0.1) is 5.92 Å². The highest BCUT2D eigenvalue weighted by atomic mass is 32.1. The maximum Gasteiger partial charge on any atom is 0.231 e. The molecule has 1 aliphatic heterocycles. The van der Waals surface area contributed by atoms with Gasteiger partial charge in [-0.05, 0) is 30.7 Å². The van der Waals surface area contributed by atoms with Crippen molar-refractivity contribution in [3.63, 3.8) is 0 Å². The maximum absolute atomic E-state index is 12.7. The van der Waals surface area contributed by atoms with Gasteiger partial charge in [0, 0.05) is 19.5 Å². The van der Waals surface area contributed by atoms with E-state index in [4.69, 9.17) is 4.74 Å². The molecular formula is C21H21N3O3S. The average Bonchev–Trinajstić information content (AvgIpc) is 3.25. The van der Waals surface area contributed by atoms with Crippen LogP contribution in [0.4, 0.5) is 5.13 Å². The highest BCUT2D eigenvalue weighted by Crippen LogP contribution is 2.30. The molecule has 1 unspecified atom stereocenters. The summed E-state index contributed by atoms with van der Waals surface area (Å²) in [6.07, 6.45) is 0.234. The fraction of sp³-hybridized carbons (Fsp3) is 0.286. The lowest BCUT2D eigenvalue weighted by molar-refractivity contribution is -0.128. The molecule has 6 nitrogen and oxygen atoms in total. The fourth-order valence-corrected chi connectivity index (χ4v) is 4.22. The predicted octanol–water partition coefficient (Wildman–Crippen LogP) is 3.68. The normalized spacial score (nSPS) is 16.5. The molecule has 1 atom stereocenters. The monoisotopic (exact) mass is 395 g/mol. The first-order valence-corrected chi connectivity index (χ1v) is 10.1. The summed E-state index contributed by atoms with van der Waals surface area (Å²) >= 11 is 1.41. The van der Waals surface area contributed by atoms with Crippen molar-refractivity contribution in [2.24, 2.45) is 5.92 Å². The van der Waals surface area contributed by atoms with E-state index in [0.717, 1.165) is 21.5 Å². The summed E-state index contributed by atoms with van der Waals surface area (Å²) in [5.41, 5.74) is 1.88. The molecule has 2 aromatic carbocycles.